The van der Waals surface area contributed by atoms with Crippen molar-refractivity contribution in [2.45, 2.75) is 18.9 Å². The Morgan fingerprint density at radius 1 is 1.26 bits per heavy atom. The number of nitrogens with one attached hydrogen (secondary N) is 1. The fourth-order valence-corrected chi connectivity index (χ4v) is 5.96. The Balaban J connectivity index is 1.38. The third kappa shape index (κ3) is 3.89. The number of amides is 2. The number of benzene rings is 1. The van der Waals surface area contributed by atoms with Crippen molar-refractivity contribution in [3.63, 3.8) is 0 Å². The number of hydrogen-bond acceptors (Lipinski definition) is 6. The lowest BCUT2D eigenvalue weighted by Gasteiger charge is -2.22. The Labute approximate surface area is 161 Å². The Morgan fingerprint density at radius 2 is 2.04 bits per heavy atom. The average molecular weight is 406 g/mol. The molecule has 1 N–H and O–H groups in total. The van der Waals surface area contributed by atoms with Crippen molar-refractivity contribution < 1.29 is 18.0 Å². The first kappa shape index (κ1) is 18.1. The van der Waals surface area contributed by atoms with Crippen LogP contribution in [0.5, 0.6) is 0 Å². The number of hydrogen-bond donors (Lipinski definition) is 1. The highest BCUT2D eigenvalue weighted by molar-refractivity contribution is 7.91. The fourth-order valence-electron chi connectivity index (χ4n) is 3.59. The monoisotopic (exact) mass is 405 g/mol. The molecule has 2 atom stereocenters. The summed E-state index contributed by atoms with van der Waals surface area (Å²) in [7, 11) is -3.06. The minimum absolute atomic E-state index is 0.00525. The predicted molar refractivity (Wildman–Crippen MR) is 103 cm³/mol. The van der Waals surface area contributed by atoms with Crippen LogP contribution in [0.2, 0.25) is 0 Å². The molecule has 2 saturated heterocycles. The van der Waals surface area contributed by atoms with Crippen LogP contribution in [0.15, 0.2) is 35.8 Å². The zero-order valence-corrected chi connectivity index (χ0v) is 16.1. The van der Waals surface area contributed by atoms with E-state index in [1.165, 1.54) is 0 Å². The van der Waals surface area contributed by atoms with E-state index in [2.05, 4.69) is 10.3 Å². The lowest BCUT2D eigenvalue weighted by atomic mass is 10.1. The molecule has 2 aliphatic heterocycles. The minimum Gasteiger partial charge on any atom is -0.338 e. The van der Waals surface area contributed by atoms with Crippen molar-refractivity contribution in [3.8, 4) is 10.6 Å². The number of thiazole rings is 1. The number of likely N-dealkylation sites (tertiary alicyclic amines) is 1. The van der Waals surface area contributed by atoms with E-state index in [9.17, 15) is 18.0 Å². The van der Waals surface area contributed by atoms with Crippen molar-refractivity contribution in [2.75, 3.05) is 23.4 Å². The van der Waals surface area contributed by atoms with Crippen LogP contribution in [0.25, 0.3) is 10.6 Å². The summed E-state index contributed by atoms with van der Waals surface area (Å²) >= 11 is 1.54. The van der Waals surface area contributed by atoms with Crippen molar-refractivity contribution in [3.05, 3.63) is 35.8 Å². The summed E-state index contributed by atoms with van der Waals surface area (Å²) in [6.07, 6.45) is 2.33. The molecule has 2 amide bonds. The highest BCUT2D eigenvalue weighted by Crippen LogP contribution is 2.28. The largest absolute Gasteiger partial charge is 0.338 e. The first-order chi connectivity index (χ1) is 12.9. The second-order valence-corrected chi connectivity index (χ2v) is 10.0. The van der Waals surface area contributed by atoms with Gasteiger partial charge in [-0.05, 0) is 30.7 Å². The van der Waals surface area contributed by atoms with Gasteiger partial charge in [0.1, 0.15) is 5.01 Å². The molecule has 2 fully saturated rings. The molecule has 2 aromatic rings. The van der Waals surface area contributed by atoms with E-state index in [1.807, 2.05) is 29.6 Å². The van der Waals surface area contributed by atoms with Crippen molar-refractivity contribution in [2.24, 2.45) is 5.92 Å². The van der Waals surface area contributed by atoms with Crippen LogP contribution in [0.3, 0.4) is 0 Å². The van der Waals surface area contributed by atoms with E-state index in [1.54, 1.807) is 22.4 Å². The Hall–Kier alpha value is -2.26. The molecule has 0 bridgehead atoms. The number of anilines is 1. The van der Waals surface area contributed by atoms with Gasteiger partial charge in [0.2, 0.25) is 11.8 Å². The number of carbonyl (C=O) groups excluding carboxylic acids is 2. The number of sulfone groups is 1. The molecule has 1 aromatic heterocycles. The minimum atomic E-state index is -3.06. The average Bonchev–Trinajstić information content (AvgIpc) is 3.35. The van der Waals surface area contributed by atoms with E-state index in [4.69, 9.17) is 0 Å². The number of carbonyl (C=O) groups is 2. The number of rotatable bonds is 4. The van der Waals surface area contributed by atoms with Crippen LogP contribution in [-0.2, 0) is 19.4 Å². The second kappa shape index (κ2) is 7.05. The van der Waals surface area contributed by atoms with E-state index in [0.29, 0.717) is 12.1 Å². The highest BCUT2D eigenvalue weighted by atomic mass is 32.2. The van der Waals surface area contributed by atoms with Crippen molar-refractivity contribution in [1.82, 2.24) is 9.88 Å². The molecule has 3 heterocycles. The van der Waals surface area contributed by atoms with Gasteiger partial charge in [0, 0.05) is 41.8 Å². The van der Waals surface area contributed by atoms with Gasteiger partial charge in [-0.25, -0.2) is 13.4 Å². The SMILES string of the molecule is O=C(Nc1ccc(-c2nccs2)cc1)[C@H]1CC(=O)N([C@H]2CCS(=O)(=O)C2)C1. The highest BCUT2D eigenvalue weighted by Gasteiger charge is 2.41. The van der Waals surface area contributed by atoms with Crippen molar-refractivity contribution >= 4 is 38.7 Å². The summed E-state index contributed by atoms with van der Waals surface area (Å²) in [5.41, 5.74) is 1.64. The molecule has 0 unspecified atom stereocenters. The molecule has 0 aliphatic carbocycles. The molecule has 0 radical (unpaired) electrons. The number of nitrogens with zero attached hydrogens (tertiary/aromatic N) is 2. The molecule has 2 aliphatic rings. The van der Waals surface area contributed by atoms with Gasteiger partial charge in [0.25, 0.3) is 0 Å². The second-order valence-electron chi connectivity index (χ2n) is 6.91. The van der Waals surface area contributed by atoms with Gasteiger partial charge in [-0.2, -0.15) is 0 Å². The van der Waals surface area contributed by atoms with Gasteiger partial charge in [-0.1, -0.05) is 0 Å². The lowest BCUT2D eigenvalue weighted by molar-refractivity contribution is -0.129. The summed E-state index contributed by atoms with van der Waals surface area (Å²) in [4.78, 5) is 30.6. The van der Waals surface area contributed by atoms with Crippen LogP contribution in [0.1, 0.15) is 12.8 Å². The van der Waals surface area contributed by atoms with Crippen LogP contribution in [0.4, 0.5) is 5.69 Å². The molecule has 9 heteroatoms. The summed E-state index contributed by atoms with van der Waals surface area (Å²) in [6.45, 7) is 0.280. The zero-order chi connectivity index (χ0) is 19.0. The Bertz CT molecular complexity index is 955. The van der Waals surface area contributed by atoms with Crippen LogP contribution in [0, 0.1) is 5.92 Å². The maximum Gasteiger partial charge on any atom is 0.229 e. The molecule has 0 spiro atoms. The first-order valence-corrected chi connectivity index (χ1v) is 11.4. The standard InChI is InChI=1S/C18H19N3O4S2/c22-16-9-13(10-21(16)15-5-8-27(24,25)11-15)17(23)20-14-3-1-12(2-4-14)18-19-6-7-26-18/h1-4,6-7,13,15H,5,8-11H2,(H,20,23)/t13-,15-/m0/s1. The smallest absolute Gasteiger partial charge is 0.229 e. The van der Waals surface area contributed by atoms with E-state index in [0.717, 1.165) is 10.6 Å². The van der Waals surface area contributed by atoms with Gasteiger partial charge in [-0.3, -0.25) is 9.59 Å². The maximum absolute atomic E-state index is 12.5. The van der Waals surface area contributed by atoms with Gasteiger partial charge in [0.05, 0.1) is 17.4 Å². The molecule has 1 aromatic carbocycles. The third-order valence-corrected chi connectivity index (χ3v) is 7.58. The fraction of sp³-hybridized carbons (Fsp3) is 0.389. The van der Waals surface area contributed by atoms with Crippen LogP contribution < -0.4 is 5.32 Å². The molecule has 0 saturated carbocycles. The Morgan fingerprint density at radius 3 is 2.67 bits per heavy atom. The van der Waals surface area contributed by atoms with Gasteiger partial charge < -0.3 is 10.2 Å². The summed E-state index contributed by atoms with van der Waals surface area (Å²) in [5, 5.41) is 5.67. The number of aromatic nitrogens is 1. The van der Waals surface area contributed by atoms with Crippen LogP contribution in [-0.4, -0.2) is 54.2 Å². The summed E-state index contributed by atoms with van der Waals surface area (Å²) in [6, 6.07) is 7.12. The van der Waals surface area contributed by atoms with E-state index in [-0.39, 0.29) is 42.3 Å². The van der Waals surface area contributed by atoms with Gasteiger partial charge in [-0.15, -0.1) is 11.3 Å². The Kier molecular flexibility index (Phi) is 4.73. The zero-order valence-electron chi connectivity index (χ0n) is 14.5. The summed E-state index contributed by atoms with van der Waals surface area (Å²) < 4.78 is 23.3. The molecule has 7 nitrogen and oxygen atoms in total. The normalized spacial score (nSPS) is 24.3. The van der Waals surface area contributed by atoms with E-state index >= 15 is 0 Å². The lowest BCUT2D eigenvalue weighted by Crippen LogP contribution is -2.38. The third-order valence-electron chi connectivity index (χ3n) is 5.01. The predicted octanol–water partition coefficient (Wildman–Crippen LogP) is 1.78. The molecule has 27 heavy (non-hydrogen) atoms. The topological polar surface area (TPSA) is 96.4 Å². The van der Waals surface area contributed by atoms with Crippen molar-refractivity contribution in [1.29, 1.82) is 0 Å². The molecule has 142 valence electrons. The molecular formula is C18H19N3O4S2. The van der Waals surface area contributed by atoms with Gasteiger partial charge >= 0.3 is 0 Å². The molecular weight excluding hydrogens is 386 g/mol. The van der Waals surface area contributed by atoms with E-state index < -0.39 is 15.8 Å². The molecule has 4 rings (SSSR count). The maximum atomic E-state index is 12.5. The quantitative estimate of drug-likeness (QED) is 0.836. The van der Waals surface area contributed by atoms with Gasteiger partial charge in [0.15, 0.2) is 9.84 Å². The first-order valence-electron chi connectivity index (χ1n) is 8.72. The summed E-state index contributed by atoms with van der Waals surface area (Å²) in [5.74, 6) is -0.695. The van der Waals surface area contributed by atoms with Crippen LogP contribution >= 0.6 is 11.3 Å².